The average Bonchev–Trinajstić information content (AvgIpc) is 2.52. The number of piperazine rings is 1. The maximum Gasteiger partial charge on any atom is 0.251 e. The molecule has 1 fully saturated rings. The number of carbonyl (C=O) groups excluding carboxylic acids is 2. The van der Waals surface area contributed by atoms with E-state index in [1.807, 2.05) is 11.8 Å². The van der Waals surface area contributed by atoms with Crippen LogP contribution in [0.2, 0.25) is 0 Å². The lowest BCUT2D eigenvalue weighted by Crippen LogP contribution is -2.54. The first kappa shape index (κ1) is 18.5. The maximum atomic E-state index is 12.4. The molecule has 1 aliphatic heterocycles. The Balaban J connectivity index is 1.93. The Morgan fingerprint density at radius 2 is 1.88 bits per heavy atom. The van der Waals surface area contributed by atoms with Gasteiger partial charge in [0.15, 0.2) is 0 Å². The smallest absolute Gasteiger partial charge is 0.251 e. The molecule has 1 atom stereocenters. The van der Waals surface area contributed by atoms with Crippen molar-refractivity contribution in [3.05, 3.63) is 34.9 Å². The standard InChI is InChI=1S/C19H28N2O3/c1-5-8-24-16(4)19(23)21-7-6-20(18(22)13-21)12-17-10-14(2)9-15(3)11-17/h9-11,16H,5-8,12-13H2,1-4H3. The monoisotopic (exact) mass is 332 g/mol. The number of aryl methyl sites for hydroxylation is 2. The molecule has 132 valence electrons. The van der Waals surface area contributed by atoms with Crippen LogP contribution in [0, 0.1) is 13.8 Å². The second kappa shape index (κ2) is 8.29. The van der Waals surface area contributed by atoms with E-state index < -0.39 is 6.10 Å². The molecular weight excluding hydrogens is 304 g/mol. The first-order chi connectivity index (χ1) is 11.4. The fraction of sp³-hybridized carbons (Fsp3) is 0.579. The molecular formula is C19H28N2O3. The SMILES string of the molecule is CCCOC(C)C(=O)N1CCN(Cc2cc(C)cc(C)c2)C(=O)C1. The number of ether oxygens (including phenoxy) is 1. The fourth-order valence-corrected chi connectivity index (χ4v) is 3.07. The van der Waals surface area contributed by atoms with Gasteiger partial charge in [-0.25, -0.2) is 0 Å². The van der Waals surface area contributed by atoms with Crippen LogP contribution >= 0.6 is 0 Å². The summed E-state index contributed by atoms with van der Waals surface area (Å²) in [6.07, 6.45) is 0.393. The van der Waals surface area contributed by atoms with E-state index in [9.17, 15) is 9.59 Å². The molecule has 0 spiro atoms. The predicted molar refractivity (Wildman–Crippen MR) is 93.6 cm³/mol. The van der Waals surface area contributed by atoms with Crippen molar-refractivity contribution in [2.24, 2.45) is 0 Å². The van der Waals surface area contributed by atoms with E-state index in [0.717, 1.165) is 12.0 Å². The highest BCUT2D eigenvalue weighted by molar-refractivity contribution is 5.87. The van der Waals surface area contributed by atoms with Gasteiger partial charge in [0.25, 0.3) is 5.91 Å². The van der Waals surface area contributed by atoms with Crippen molar-refractivity contribution >= 4 is 11.8 Å². The number of hydrogen-bond donors (Lipinski definition) is 0. The molecule has 1 aliphatic rings. The topological polar surface area (TPSA) is 49.9 Å². The lowest BCUT2D eigenvalue weighted by Gasteiger charge is -2.35. The van der Waals surface area contributed by atoms with Gasteiger partial charge in [0.2, 0.25) is 5.91 Å². The summed E-state index contributed by atoms with van der Waals surface area (Å²) in [6.45, 7) is 10.3. The Morgan fingerprint density at radius 1 is 1.21 bits per heavy atom. The zero-order chi connectivity index (χ0) is 17.7. The number of nitrogens with zero attached hydrogens (tertiary/aromatic N) is 2. The van der Waals surface area contributed by atoms with Crippen LogP contribution in [-0.4, -0.2) is 54.0 Å². The highest BCUT2D eigenvalue weighted by Crippen LogP contribution is 2.14. The van der Waals surface area contributed by atoms with Gasteiger partial charge in [-0.1, -0.05) is 36.2 Å². The van der Waals surface area contributed by atoms with Gasteiger partial charge in [-0.3, -0.25) is 9.59 Å². The summed E-state index contributed by atoms with van der Waals surface area (Å²) in [6, 6.07) is 6.34. The van der Waals surface area contributed by atoms with Crippen LogP contribution in [-0.2, 0) is 20.9 Å². The number of benzene rings is 1. The summed E-state index contributed by atoms with van der Waals surface area (Å²) in [5.41, 5.74) is 3.54. The van der Waals surface area contributed by atoms with Crippen molar-refractivity contribution in [3.63, 3.8) is 0 Å². The van der Waals surface area contributed by atoms with Crippen molar-refractivity contribution < 1.29 is 14.3 Å². The van der Waals surface area contributed by atoms with Crippen LogP contribution in [0.15, 0.2) is 18.2 Å². The molecule has 1 aromatic rings. The summed E-state index contributed by atoms with van der Waals surface area (Å²) >= 11 is 0. The molecule has 1 heterocycles. The molecule has 5 nitrogen and oxygen atoms in total. The van der Waals surface area contributed by atoms with E-state index in [1.54, 1.807) is 11.8 Å². The molecule has 1 unspecified atom stereocenters. The molecule has 0 saturated carbocycles. The van der Waals surface area contributed by atoms with E-state index >= 15 is 0 Å². The summed E-state index contributed by atoms with van der Waals surface area (Å²) in [4.78, 5) is 28.2. The molecule has 0 aliphatic carbocycles. The third-order valence-electron chi connectivity index (χ3n) is 4.20. The maximum absolute atomic E-state index is 12.4. The van der Waals surface area contributed by atoms with Gasteiger partial charge in [-0.2, -0.15) is 0 Å². The second-order valence-electron chi connectivity index (χ2n) is 6.58. The molecule has 2 rings (SSSR count). The summed E-state index contributed by atoms with van der Waals surface area (Å²) < 4.78 is 5.47. The summed E-state index contributed by atoms with van der Waals surface area (Å²) in [7, 11) is 0. The zero-order valence-electron chi connectivity index (χ0n) is 15.2. The molecule has 1 saturated heterocycles. The minimum Gasteiger partial charge on any atom is -0.369 e. The quantitative estimate of drug-likeness (QED) is 0.803. The molecule has 1 aromatic carbocycles. The van der Waals surface area contributed by atoms with Gasteiger partial charge in [0.1, 0.15) is 6.10 Å². The predicted octanol–water partition coefficient (Wildman–Crippen LogP) is 2.29. The number of hydrogen-bond acceptors (Lipinski definition) is 3. The van der Waals surface area contributed by atoms with E-state index in [0.29, 0.717) is 26.2 Å². The lowest BCUT2D eigenvalue weighted by atomic mass is 10.1. The first-order valence-electron chi connectivity index (χ1n) is 8.66. The Morgan fingerprint density at radius 3 is 2.46 bits per heavy atom. The Bertz CT molecular complexity index is 580. The van der Waals surface area contributed by atoms with E-state index in [2.05, 4.69) is 32.0 Å². The Kier molecular flexibility index (Phi) is 6.37. The van der Waals surface area contributed by atoms with Crippen LogP contribution in [0.3, 0.4) is 0 Å². The molecule has 0 aromatic heterocycles. The van der Waals surface area contributed by atoms with E-state index in [1.165, 1.54) is 11.1 Å². The summed E-state index contributed by atoms with van der Waals surface area (Å²) in [5.74, 6) is -0.0979. The van der Waals surface area contributed by atoms with Crippen molar-refractivity contribution in [1.82, 2.24) is 9.80 Å². The first-order valence-corrected chi connectivity index (χ1v) is 8.66. The normalized spacial score (nSPS) is 16.4. The van der Waals surface area contributed by atoms with Crippen LogP contribution in [0.5, 0.6) is 0 Å². The lowest BCUT2D eigenvalue weighted by molar-refractivity contribution is -0.152. The molecule has 2 amide bonds. The van der Waals surface area contributed by atoms with Crippen LogP contribution in [0.1, 0.15) is 37.0 Å². The molecule has 0 bridgehead atoms. The third kappa shape index (κ3) is 4.81. The minimum absolute atomic E-state index is 0.00329. The van der Waals surface area contributed by atoms with Gasteiger partial charge in [-0.15, -0.1) is 0 Å². The summed E-state index contributed by atoms with van der Waals surface area (Å²) in [5, 5.41) is 0. The Labute approximate surface area is 144 Å². The zero-order valence-corrected chi connectivity index (χ0v) is 15.2. The third-order valence-corrected chi connectivity index (χ3v) is 4.20. The molecule has 5 heteroatoms. The average molecular weight is 332 g/mol. The largest absolute Gasteiger partial charge is 0.369 e. The van der Waals surface area contributed by atoms with Gasteiger partial charge in [-0.05, 0) is 32.8 Å². The molecule has 0 radical (unpaired) electrons. The van der Waals surface area contributed by atoms with Gasteiger partial charge in [0.05, 0.1) is 6.54 Å². The Hall–Kier alpha value is -1.88. The number of rotatable bonds is 6. The van der Waals surface area contributed by atoms with Gasteiger partial charge in [0, 0.05) is 26.2 Å². The second-order valence-corrected chi connectivity index (χ2v) is 6.58. The van der Waals surface area contributed by atoms with E-state index in [4.69, 9.17) is 4.74 Å². The molecule has 0 N–H and O–H groups in total. The minimum atomic E-state index is -0.483. The van der Waals surface area contributed by atoms with E-state index in [-0.39, 0.29) is 18.4 Å². The van der Waals surface area contributed by atoms with Crippen molar-refractivity contribution in [2.75, 3.05) is 26.2 Å². The highest BCUT2D eigenvalue weighted by Gasteiger charge is 2.29. The van der Waals surface area contributed by atoms with Gasteiger partial charge >= 0.3 is 0 Å². The van der Waals surface area contributed by atoms with Crippen molar-refractivity contribution in [1.29, 1.82) is 0 Å². The van der Waals surface area contributed by atoms with Crippen molar-refractivity contribution in [3.8, 4) is 0 Å². The van der Waals surface area contributed by atoms with Crippen molar-refractivity contribution in [2.45, 2.75) is 46.8 Å². The van der Waals surface area contributed by atoms with Crippen LogP contribution in [0.4, 0.5) is 0 Å². The number of amides is 2. The number of carbonyl (C=O) groups is 2. The van der Waals surface area contributed by atoms with Crippen LogP contribution < -0.4 is 0 Å². The highest BCUT2D eigenvalue weighted by atomic mass is 16.5. The van der Waals surface area contributed by atoms with Crippen LogP contribution in [0.25, 0.3) is 0 Å². The fourth-order valence-electron chi connectivity index (χ4n) is 3.07. The molecule has 24 heavy (non-hydrogen) atoms. The van der Waals surface area contributed by atoms with Gasteiger partial charge < -0.3 is 14.5 Å².